The van der Waals surface area contributed by atoms with Crippen LogP contribution in [0.5, 0.6) is 5.75 Å². The molecule has 5 atom stereocenters. The molecule has 0 unspecified atom stereocenters. The monoisotopic (exact) mass is 559 g/mol. The Morgan fingerprint density at radius 3 is 2.35 bits per heavy atom. The summed E-state index contributed by atoms with van der Waals surface area (Å²) in [6, 6.07) is 5.58. The second kappa shape index (κ2) is 9.47. The van der Waals surface area contributed by atoms with Crippen LogP contribution in [0.15, 0.2) is 18.2 Å². The smallest absolute Gasteiger partial charge is 0.360 e. The standard InChI is InChI=1S/C24H35NO10P2/c1-23(2,20(27)25-22(36(29,30)31)37(32,33)34)21(28)35-19-9-8-18-17-6-4-13-12-14(26)5-7-15(13)16(17)10-11-24(18,19)3/h5,7,12,16-19,22,26H,4,6,8-11H2,1-3H3,(H,25,27)(H2,29,30,31)(H2,32,33,34)/t16-,17-,18+,19+,24+/m1/s1. The third-order valence-electron chi connectivity index (χ3n) is 8.85. The molecule has 13 heteroatoms. The van der Waals surface area contributed by atoms with E-state index in [4.69, 9.17) is 4.74 Å². The zero-order valence-corrected chi connectivity index (χ0v) is 22.8. The van der Waals surface area contributed by atoms with Crippen molar-refractivity contribution in [3.05, 3.63) is 29.3 Å². The molecule has 3 aliphatic rings. The van der Waals surface area contributed by atoms with E-state index >= 15 is 0 Å². The Kier molecular flexibility index (Phi) is 7.24. The molecule has 1 aromatic rings. The molecular formula is C24H35NO10P2. The fourth-order valence-corrected chi connectivity index (χ4v) is 8.88. The Morgan fingerprint density at radius 1 is 1.08 bits per heavy atom. The Labute approximate surface area is 215 Å². The van der Waals surface area contributed by atoms with Crippen molar-refractivity contribution in [2.75, 3.05) is 0 Å². The summed E-state index contributed by atoms with van der Waals surface area (Å²) in [4.78, 5) is 63.1. The second-order valence-corrected chi connectivity index (χ2v) is 15.3. The van der Waals surface area contributed by atoms with E-state index < -0.39 is 44.1 Å². The van der Waals surface area contributed by atoms with Gasteiger partial charge in [0.15, 0.2) is 0 Å². The maximum absolute atomic E-state index is 13.1. The SMILES string of the molecule is CC(C)(C(=O)NC(P(=O)(O)O)P(=O)(O)O)C(=O)O[C@H]1CC[C@H]2[C@@H]3CCc4cc(O)ccc4[C@H]3CC[C@]12C. The first-order chi connectivity index (χ1) is 17.0. The van der Waals surface area contributed by atoms with Crippen LogP contribution < -0.4 is 5.32 Å². The number of ether oxygens (including phenoxy) is 1. The number of carbonyl (C=O) groups excluding carboxylic acids is 2. The third-order valence-corrected chi connectivity index (χ3v) is 12.2. The van der Waals surface area contributed by atoms with E-state index in [1.165, 1.54) is 25.0 Å². The maximum Gasteiger partial charge on any atom is 0.360 e. The molecule has 2 fully saturated rings. The van der Waals surface area contributed by atoms with Crippen LogP contribution in [0.3, 0.4) is 0 Å². The molecule has 0 bridgehead atoms. The molecule has 3 aliphatic carbocycles. The molecule has 0 spiro atoms. The number of hydrogen-bond acceptors (Lipinski definition) is 6. The lowest BCUT2D eigenvalue weighted by Crippen LogP contribution is -2.50. The number of esters is 1. The minimum Gasteiger partial charge on any atom is -0.508 e. The van der Waals surface area contributed by atoms with Gasteiger partial charge in [-0.2, -0.15) is 0 Å². The first kappa shape index (κ1) is 28.3. The topological polar surface area (TPSA) is 191 Å². The van der Waals surface area contributed by atoms with E-state index in [0.29, 0.717) is 24.2 Å². The highest BCUT2D eigenvalue weighted by atomic mass is 31.2. The number of phenolic OH excluding ortho intramolecular Hbond substituents is 1. The molecule has 4 rings (SSSR count). The molecule has 0 heterocycles. The van der Waals surface area contributed by atoms with Gasteiger partial charge in [0.25, 0.3) is 0 Å². The van der Waals surface area contributed by atoms with Gasteiger partial charge in [-0.25, -0.2) is 0 Å². The lowest BCUT2D eigenvalue weighted by Gasteiger charge is -2.50. The summed E-state index contributed by atoms with van der Waals surface area (Å²) in [7, 11) is -10.8. The summed E-state index contributed by atoms with van der Waals surface area (Å²) < 4.78 is 29.0. The molecule has 0 aliphatic heterocycles. The predicted molar refractivity (Wildman–Crippen MR) is 132 cm³/mol. The first-order valence-electron chi connectivity index (χ1n) is 12.4. The number of aryl methyl sites for hydroxylation is 1. The number of carbonyl (C=O) groups is 2. The summed E-state index contributed by atoms with van der Waals surface area (Å²) in [5, 5.41) is 11.5. The first-order valence-corrected chi connectivity index (χ1v) is 15.8. The summed E-state index contributed by atoms with van der Waals surface area (Å²) >= 11 is 0. The Morgan fingerprint density at radius 2 is 1.73 bits per heavy atom. The number of hydrogen-bond donors (Lipinski definition) is 6. The fourth-order valence-electron chi connectivity index (χ4n) is 6.75. The third kappa shape index (κ3) is 5.14. The lowest BCUT2D eigenvalue weighted by atomic mass is 9.55. The van der Waals surface area contributed by atoms with Crippen molar-refractivity contribution >= 4 is 27.1 Å². The lowest BCUT2D eigenvalue weighted by molar-refractivity contribution is -0.171. The van der Waals surface area contributed by atoms with Crippen molar-refractivity contribution in [2.45, 2.75) is 76.8 Å². The largest absolute Gasteiger partial charge is 0.508 e. The van der Waals surface area contributed by atoms with Gasteiger partial charge in [-0.1, -0.05) is 13.0 Å². The summed E-state index contributed by atoms with van der Waals surface area (Å²) in [5.74, 6) is -0.815. The fraction of sp³-hybridized carbons (Fsp3) is 0.667. The summed E-state index contributed by atoms with van der Waals surface area (Å²) in [5.41, 5.74) is -2.54. The second-order valence-electron chi connectivity index (χ2n) is 11.5. The number of aromatic hydroxyl groups is 1. The van der Waals surface area contributed by atoms with Crippen LogP contribution in [-0.4, -0.2) is 48.2 Å². The number of rotatable bonds is 6. The average Bonchev–Trinajstić information content (AvgIpc) is 3.11. The van der Waals surface area contributed by atoms with Crippen molar-refractivity contribution in [3.8, 4) is 5.75 Å². The molecule has 0 saturated heterocycles. The maximum atomic E-state index is 13.1. The van der Waals surface area contributed by atoms with Crippen LogP contribution in [-0.2, 0) is 29.9 Å². The van der Waals surface area contributed by atoms with Gasteiger partial charge in [-0.05, 0) is 93.4 Å². The molecule has 1 amide bonds. The van der Waals surface area contributed by atoms with Crippen LogP contribution in [0.25, 0.3) is 0 Å². The molecule has 37 heavy (non-hydrogen) atoms. The number of amides is 1. The average molecular weight is 559 g/mol. The van der Waals surface area contributed by atoms with Crippen molar-refractivity contribution < 1.29 is 48.1 Å². The molecule has 0 radical (unpaired) electrons. The molecule has 1 aromatic carbocycles. The van der Waals surface area contributed by atoms with Crippen molar-refractivity contribution in [1.82, 2.24) is 5.32 Å². The highest BCUT2D eigenvalue weighted by Gasteiger charge is 2.57. The summed E-state index contributed by atoms with van der Waals surface area (Å²) in [6.07, 6.45) is 4.57. The minimum atomic E-state index is -5.41. The zero-order chi connectivity index (χ0) is 27.6. The highest BCUT2D eigenvalue weighted by molar-refractivity contribution is 7.70. The molecular weight excluding hydrogens is 524 g/mol. The van der Waals surface area contributed by atoms with Crippen LogP contribution in [0.2, 0.25) is 0 Å². The quantitative estimate of drug-likeness (QED) is 0.172. The van der Waals surface area contributed by atoms with Crippen LogP contribution in [0.4, 0.5) is 0 Å². The minimum absolute atomic E-state index is 0.269. The van der Waals surface area contributed by atoms with Crippen LogP contribution >= 0.6 is 15.2 Å². The molecule has 2 saturated carbocycles. The van der Waals surface area contributed by atoms with Gasteiger partial charge in [-0.15, -0.1) is 0 Å². The van der Waals surface area contributed by atoms with Crippen molar-refractivity contribution in [3.63, 3.8) is 0 Å². The van der Waals surface area contributed by atoms with Gasteiger partial charge in [0, 0.05) is 5.41 Å². The van der Waals surface area contributed by atoms with E-state index in [-0.39, 0.29) is 11.2 Å². The van der Waals surface area contributed by atoms with Gasteiger partial charge < -0.3 is 34.7 Å². The van der Waals surface area contributed by atoms with Crippen molar-refractivity contribution in [1.29, 1.82) is 0 Å². The number of phenols is 1. The van der Waals surface area contributed by atoms with E-state index in [0.717, 1.165) is 32.1 Å². The summed E-state index contributed by atoms with van der Waals surface area (Å²) in [6.45, 7) is 4.50. The molecule has 0 aromatic heterocycles. The number of benzene rings is 1. The number of nitrogens with one attached hydrogen (secondary N) is 1. The Hall–Kier alpha value is -1.74. The van der Waals surface area contributed by atoms with Crippen LogP contribution in [0, 0.1) is 22.7 Å². The van der Waals surface area contributed by atoms with Gasteiger partial charge in [-0.3, -0.25) is 18.7 Å². The number of fused-ring (bicyclic) bond motifs is 5. The van der Waals surface area contributed by atoms with Crippen LogP contribution in [0.1, 0.15) is 69.9 Å². The van der Waals surface area contributed by atoms with E-state index in [9.17, 15) is 43.4 Å². The highest BCUT2D eigenvalue weighted by Crippen LogP contribution is 2.62. The van der Waals surface area contributed by atoms with E-state index in [1.54, 1.807) is 11.4 Å². The van der Waals surface area contributed by atoms with Crippen molar-refractivity contribution in [2.24, 2.45) is 22.7 Å². The zero-order valence-electron chi connectivity index (χ0n) is 21.0. The molecule has 206 valence electrons. The molecule has 11 nitrogen and oxygen atoms in total. The van der Waals surface area contributed by atoms with Gasteiger partial charge >= 0.3 is 21.2 Å². The van der Waals surface area contributed by atoms with E-state index in [1.807, 2.05) is 12.1 Å². The predicted octanol–water partition coefficient (Wildman–Crippen LogP) is 2.94. The van der Waals surface area contributed by atoms with Gasteiger partial charge in [0.05, 0.1) is 0 Å². The Balaban J connectivity index is 1.48. The molecule has 6 N–H and O–H groups in total. The normalized spacial score (nSPS) is 29.7. The van der Waals surface area contributed by atoms with E-state index in [2.05, 4.69) is 6.92 Å². The van der Waals surface area contributed by atoms with Gasteiger partial charge in [0.1, 0.15) is 17.3 Å². The van der Waals surface area contributed by atoms with Gasteiger partial charge in [0.2, 0.25) is 11.4 Å². The Bertz CT molecular complexity index is 1170.